The van der Waals surface area contributed by atoms with Gasteiger partial charge in [0.2, 0.25) is 0 Å². The van der Waals surface area contributed by atoms with Gasteiger partial charge in [0.25, 0.3) is 0 Å². The summed E-state index contributed by atoms with van der Waals surface area (Å²) in [6, 6.07) is 0. The Balaban J connectivity index is 2.06. The lowest BCUT2D eigenvalue weighted by Crippen LogP contribution is -2.13. The molecule has 0 aromatic carbocycles. The number of aromatic nitrogens is 1. The fourth-order valence-corrected chi connectivity index (χ4v) is 1.56. The van der Waals surface area contributed by atoms with E-state index in [1.807, 2.05) is 0 Å². The van der Waals surface area contributed by atoms with Gasteiger partial charge in [-0.05, 0) is 5.92 Å². The van der Waals surface area contributed by atoms with Crippen LogP contribution in [0.2, 0.25) is 5.02 Å². The summed E-state index contributed by atoms with van der Waals surface area (Å²) in [5, 5.41) is 4.10. The number of hydrogen-bond acceptors (Lipinski definition) is 3. The fourth-order valence-electron chi connectivity index (χ4n) is 1.41. The Morgan fingerprint density at radius 2 is 2.33 bits per heavy atom. The average molecular weight is 187 g/mol. The first-order chi connectivity index (χ1) is 5.77. The first-order valence-corrected chi connectivity index (χ1v) is 4.54. The molecule has 0 unspecified atom stereocenters. The van der Waals surface area contributed by atoms with Gasteiger partial charge in [0, 0.05) is 6.42 Å². The molecule has 0 amide bonds. The van der Waals surface area contributed by atoms with Gasteiger partial charge in [-0.25, -0.2) is 0 Å². The zero-order chi connectivity index (χ0) is 8.55. The van der Waals surface area contributed by atoms with Crippen molar-refractivity contribution in [1.82, 2.24) is 5.16 Å². The largest absolute Gasteiger partial charge is 0.380 e. The highest BCUT2D eigenvalue weighted by molar-refractivity contribution is 6.33. The Bertz CT molecular complexity index is 281. The summed E-state index contributed by atoms with van der Waals surface area (Å²) in [6.07, 6.45) is 4.77. The first-order valence-electron chi connectivity index (χ1n) is 4.17. The van der Waals surface area contributed by atoms with E-state index < -0.39 is 0 Å². The van der Waals surface area contributed by atoms with Crippen molar-refractivity contribution in [2.75, 3.05) is 5.73 Å². The van der Waals surface area contributed by atoms with E-state index in [-0.39, 0.29) is 0 Å². The molecule has 0 bridgehead atoms. The molecule has 0 radical (unpaired) electrons. The molecule has 0 aliphatic heterocycles. The molecule has 2 rings (SSSR count). The van der Waals surface area contributed by atoms with Crippen molar-refractivity contribution in [3.63, 3.8) is 0 Å². The molecule has 1 aliphatic rings. The first kappa shape index (κ1) is 7.92. The number of rotatable bonds is 2. The Hall–Kier alpha value is -0.700. The summed E-state index contributed by atoms with van der Waals surface area (Å²) in [7, 11) is 0. The highest BCUT2D eigenvalue weighted by Crippen LogP contribution is 2.33. The van der Waals surface area contributed by atoms with E-state index in [2.05, 4.69) is 5.16 Å². The molecule has 1 aromatic rings. The highest BCUT2D eigenvalue weighted by Gasteiger charge is 2.22. The lowest BCUT2D eigenvalue weighted by molar-refractivity contribution is 0.278. The Morgan fingerprint density at radius 3 is 2.75 bits per heavy atom. The van der Waals surface area contributed by atoms with Crippen molar-refractivity contribution in [3.05, 3.63) is 10.8 Å². The van der Waals surface area contributed by atoms with E-state index in [4.69, 9.17) is 21.9 Å². The second-order valence-corrected chi connectivity index (χ2v) is 3.68. The van der Waals surface area contributed by atoms with Gasteiger partial charge in [-0.2, -0.15) is 0 Å². The predicted octanol–water partition coefficient (Wildman–Crippen LogP) is 2.25. The van der Waals surface area contributed by atoms with E-state index in [0.29, 0.717) is 10.8 Å². The Morgan fingerprint density at radius 1 is 1.58 bits per heavy atom. The smallest absolute Gasteiger partial charge is 0.185 e. The summed E-state index contributed by atoms with van der Waals surface area (Å²) < 4.78 is 4.99. The Kier molecular flexibility index (Phi) is 1.97. The second-order valence-electron chi connectivity index (χ2n) is 3.31. The van der Waals surface area contributed by atoms with Gasteiger partial charge in [0.05, 0.1) is 0 Å². The molecular weight excluding hydrogens is 176 g/mol. The molecule has 3 nitrogen and oxygen atoms in total. The molecule has 12 heavy (non-hydrogen) atoms. The third-order valence-corrected chi connectivity index (χ3v) is 2.83. The fraction of sp³-hybridized carbons (Fsp3) is 0.625. The molecule has 4 heteroatoms. The van der Waals surface area contributed by atoms with Gasteiger partial charge >= 0.3 is 0 Å². The molecule has 66 valence electrons. The summed E-state index contributed by atoms with van der Waals surface area (Å²) in [4.78, 5) is 0. The highest BCUT2D eigenvalue weighted by atomic mass is 35.5. The molecule has 1 aliphatic carbocycles. The number of nitrogens with two attached hydrogens (primary N) is 1. The van der Waals surface area contributed by atoms with Crippen LogP contribution in [0.5, 0.6) is 0 Å². The third-order valence-electron chi connectivity index (χ3n) is 2.42. The van der Waals surface area contributed by atoms with E-state index in [1.165, 1.54) is 19.3 Å². The summed E-state index contributed by atoms with van der Waals surface area (Å²) in [5.41, 5.74) is 5.44. The van der Waals surface area contributed by atoms with Crippen LogP contribution in [0.3, 0.4) is 0 Å². The van der Waals surface area contributed by atoms with Gasteiger partial charge in [-0.3, -0.25) is 0 Å². The molecule has 2 N–H and O–H groups in total. The van der Waals surface area contributed by atoms with Crippen LogP contribution in [0.15, 0.2) is 4.52 Å². The zero-order valence-corrected chi connectivity index (χ0v) is 7.47. The SMILES string of the molecule is Nc1noc(CC2CCC2)c1Cl. The van der Waals surface area contributed by atoms with Crippen LogP contribution < -0.4 is 5.73 Å². The summed E-state index contributed by atoms with van der Waals surface area (Å²) >= 11 is 5.85. The molecular formula is C8H11ClN2O. The summed E-state index contributed by atoms with van der Waals surface area (Å²) in [6.45, 7) is 0. The number of anilines is 1. The normalized spacial score (nSPS) is 17.8. The van der Waals surface area contributed by atoms with Gasteiger partial charge in [-0.15, -0.1) is 0 Å². The third kappa shape index (κ3) is 1.29. The maximum atomic E-state index is 5.85. The maximum absolute atomic E-state index is 5.85. The topological polar surface area (TPSA) is 52.0 Å². The number of nitrogens with zero attached hydrogens (tertiary/aromatic N) is 1. The van der Waals surface area contributed by atoms with Crippen LogP contribution in [0, 0.1) is 5.92 Å². The van der Waals surface area contributed by atoms with Crippen molar-refractivity contribution in [2.45, 2.75) is 25.7 Å². The van der Waals surface area contributed by atoms with Crippen LogP contribution >= 0.6 is 11.6 Å². The average Bonchev–Trinajstić information content (AvgIpc) is 2.27. The van der Waals surface area contributed by atoms with Crippen molar-refractivity contribution in [3.8, 4) is 0 Å². The minimum Gasteiger partial charge on any atom is -0.380 e. The molecule has 1 saturated carbocycles. The van der Waals surface area contributed by atoms with Crippen LogP contribution in [0.1, 0.15) is 25.0 Å². The number of nitrogen functional groups attached to an aromatic ring is 1. The lowest BCUT2D eigenvalue weighted by Gasteiger charge is -2.23. The number of halogens is 1. The molecule has 1 heterocycles. The van der Waals surface area contributed by atoms with Gasteiger partial charge in [0.15, 0.2) is 11.6 Å². The maximum Gasteiger partial charge on any atom is 0.185 e. The van der Waals surface area contributed by atoms with E-state index >= 15 is 0 Å². The predicted molar refractivity (Wildman–Crippen MR) is 47.0 cm³/mol. The second kappa shape index (κ2) is 2.98. The molecule has 1 aromatic heterocycles. The van der Waals surface area contributed by atoms with Crippen molar-refractivity contribution >= 4 is 17.4 Å². The number of hydrogen-bond donors (Lipinski definition) is 1. The van der Waals surface area contributed by atoms with E-state index in [1.54, 1.807) is 0 Å². The van der Waals surface area contributed by atoms with Crippen molar-refractivity contribution in [2.24, 2.45) is 5.92 Å². The zero-order valence-electron chi connectivity index (χ0n) is 6.72. The van der Waals surface area contributed by atoms with E-state index in [0.717, 1.165) is 18.1 Å². The molecule has 0 saturated heterocycles. The lowest BCUT2D eigenvalue weighted by atomic mass is 9.82. The van der Waals surface area contributed by atoms with Gasteiger partial charge < -0.3 is 10.3 Å². The van der Waals surface area contributed by atoms with Crippen LogP contribution in [-0.2, 0) is 6.42 Å². The quantitative estimate of drug-likeness (QED) is 0.771. The van der Waals surface area contributed by atoms with Gasteiger partial charge in [0.1, 0.15) is 5.02 Å². The Labute approximate surface area is 75.9 Å². The standard InChI is InChI=1S/C8H11ClN2O/c9-7-6(12-11-8(7)10)4-5-2-1-3-5/h5H,1-4H2,(H2,10,11). The molecule has 1 fully saturated rings. The van der Waals surface area contributed by atoms with Crippen LogP contribution in [0.4, 0.5) is 5.82 Å². The van der Waals surface area contributed by atoms with Gasteiger partial charge in [-0.1, -0.05) is 36.0 Å². The summed E-state index contributed by atoms with van der Waals surface area (Å²) in [5.74, 6) is 1.79. The van der Waals surface area contributed by atoms with Crippen LogP contribution in [-0.4, -0.2) is 5.16 Å². The monoisotopic (exact) mass is 186 g/mol. The minimum atomic E-state index is 0.311. The van der Waals surface area contributed by atoms with E-state index in [9.17, 15) is 0 Å². The van der Waals surface area contributed by atoms with Crippen LogP contribution in [0.25, 0.3) is 0 Å². The van der Waals surface area contributed by atoms with Crippen molar-refractivity contribution < 1.29 is 4.52 Å². The van der Waals surface area contributed by atoms with Crippen molar-refractivity contribution in [1.29, 1.82) is 0 Å². The molecule has 0 atom stereocenters. The molecule has 0 spiro atoms. The minimum absolute atomic E-state index is 0.311.